The molecule has 0 saturated carbocycles. The van der Waals surface area contributed by atoms with Crippen molar-refractivity contribution in [1.29, 1.82) is 0 Å². The summed E-state index contributed by atoms with van der Waals surface area (Å²) in [5.41, 5.74) is 4.02. The molecule has 3 rings (SSSR count). The van der Waals surface area contributed by atoms with Crippen LogP contribution in [0.1, 0.15) is 17.0 Å². The molecule has 0 saturated heterocycles. The molecule has 0 atom stereocenters. The number of aromatic nitrogens is 2. The van der Waals surface area contributed by atoms with Gasteiger partial charge in [0, 0.05) is 27.5 Å². The van der Waals surface area contributed by atoms with E-state index in [4.69, 9.17) is 0 Å². The zero-order chi connectivity index (χ0) is 18.7. The second-order valence-electron chi connectivity index (χ2n) is 5.80. The van der Waals surface area contributed by atoms with Crippen LogP contribution in [-0.4, -0.2) is 15.7 Å². The fraction of sp³-hybridized carbons (Fsp3) is 0.100. The van der Waals surface area contributed by atoms with Crippen LogP contribution in [-0.2, 0) is 4.79 Å². The third kappa shape index (κ3) is 4.08. The average molecular weight is 414 g/mol. The van der Waals surface area contributed by atoms with Crippen LogP contribution in [0.4, 0.5) is 10.1 Å². The number of nitrogens with one attached hydrogen (secondary N) is 1. The summed E-state index contributed by atoms with van der Waals surface area (Å²) in [5, 5.41) is 7.30. The Balaban J connectivity index is 1.79. The molecule has 3 aromatic rings. The maximum Gasteiger partial charge on any atom is 0.248 e. The van der Waals surface area contributed by atoms with Crippen molar-refractivity contribution >= 4 is 33.6 Å². The number of benzene rings is 2. The van der Waals surface area contributed by atoms with E-state index in [0.717, 1.165) is 32.8 Å². The minimum Gasteiger partial charge on any atom is -0.323 e. The summed E-state index contributed by atoms with van der Waals surface area (Å²) in [6, 6.07) is 13.5. The second kappa shape index (κ2) is 7.66. The number of carbonyl (C=O) groups excluding carboxylic acids is 1. The molecule has 6 heteroatoms. The smallest absolute Gasteiger partial charge is 0.248 e. The molecule has 0 aliphatic carbocycles. The molecule has 0 aliphatic rings. The SMILES string of the molecule is Cc1nn(-c2ccc(F)cc2)c(C)c1/C=C/C(=O)Nc1ccc(Br)cc1. The third-order valence-electron chi connectivity index (χ3n) is 3.93. The van der Waals surface area contributed by atoms with Crippen molar-refractivity contribution in [1.82, 2.24) is 9.78 Å². The van der Waals surface area contributed by atoms with Crippen molar-refractivity contribution in [2.45, 2.75) is 13.8 Å². The molecule has 0 spiro atoms. The molecular weight excluding hydrogens is 397 g/mol. The topological polar surface area (TPSA) is 46.9 Å². The van der Waals surface area contributed by atoms with Crippen molar-refractivity contribution in [2.75, 3.05) is 5.32 Å². The van der Waals surface area contributed by atoms with Gasteiger partial charge in [0.15, 0.2) is 0 Å². The highest BCUT2D eigenvalue weighted by atomic mass is 79.9. The summed E-state index contributed by atoms with van der Waals surface area (Å²) in [6.07, 6.45) is 3.22. The molecule has 0 unspecified atom stereocenters. The zero-order valence-electron chi connectivity index (χ0n) is 14.3. The predicted octanol–water partition coefficient (Wildman–Crippen LogP) is 5.04. The quantitative estimate of drug-likeness (QED) is 0.608. The van der Waals surface area contributed by atoms with Gasteiger partial charge in [0.05, 0.1) is 11.4 Å². The van der Waals surface area contributed by atoms with Gasteiger partial charge < -0.3 is 5.32 Å². The maximum absolute atomic E-state index is 13.1. The van der Waals surface area contributed by atoms with E-state index in [1.807, 2.05) is 38.1 Å². The molecule has 0 bridgehead atoms. The van der Waals surface area contributed by atoms with E-state index < -0.39 is 0 Å². The Hall–Kier alpha value is -2.73. The van der Waals surface area contributed by atoms with E-state index in [1.165, 1.54) is 18.2 Å². The van der Waals surface area contributed by atoms with Crippen molar-refractivity contribution in [2.24, 2.45) is 0 Å². The molecule has 1 aromatic heterocycles. The zero-order valence-corrected chi connectivity index (χ0v) is 15.9. The van der Waals surface area contributed by atoms with Gasteiger partial charge in [-0.05, 0) is 68.5 Å². The molecule has 132 valence electrons. The minimum absolute atomic E-state index is 0.222. The van der Waals surface area contributed by atoms with Gasteiger partial charge in [0.1, 0.15) is 5.82 Å². The molecular formula is C20H17BrFN3O. The lowest BCUT2D eigenvalue weighted by Gasteiger charge is -2.04. The largest absolute Gasteiger partial charge is 0.323 e. The van der Waals surface area contributed by atoms with Gasteiger partial charge in [0.2, 0.25) is 5.91 Å². The summed E-state index contributed by atoms with van der Waals surface area (Å²) in [4.78, 5) is 12.1. The summed E-state index contributed by atoms with van der Waals surface area (Å²) < 4.78 is 15.8. The highest BCUT2D eigenvalue weighted by Gasteiger charge is 2.11. The number of aryl methyl sites for hydroxylation is 1. The summed E-state index contributed by atoms with van der Waals surface area (Å²) in [6.45, 7) is 3.79. The van der Waals surface area contributed by atoms with Crippen LogP contribution in [0.25, 0.3) is 11.8 Å². The van der Waals surface area contributed by atoms with Gasteiger partial charge in [-0.1, -0.05) is 15.9 Å². The summed E-state index contributed by atoms with van der Waals surface area (Å²) in [7, 11) is 0. The van der Waals surface area contributed by atoms with Gasteiger partial charge in [0.25, 0.3) is 0 Å². The van der Waals surface area contributed by atoms with Gasteiger partial charge >= 0.3 is 0 Å². The maximum atomic E-state index is 13.1. The normalized spacial score (nSPS) is 11.1. The van der Waals surface area contributed by atoms with Gasteiger partial charge in [-0.2, -0.15) is 5.10 Å². The third-order valence-corrected chi connectivity index (χ3v) is 4.46. The van der Waals surface area contributed by atoms with E-state index in [0.29, 0.717) is 0 Å². The second-order valence-corrected chi connectivity index (χ2v) is 6.72. The average Bonchev–Trinajstić information content (AvgIpc) is 2.90. The fourth-order valence-electron chi connectivity index (χ4n) is 2.61. The Morgan fingerprint density at radius 1 is 1.12 bits per heavy atom. The minimum atomic E-state index is -0.292. The highest BCUT2D eigenvalue weighted by Crippen LogP contribution is 2.20. The Morgan fingerprint density at radius 3 is 2.42 bits per heavy atom. The van der Waals surface area contributed by atoms with Gasteiger partial charge in [-0.3, -0.25) is 4.79 Å². The van der Waals surface area contributed by atoms with E-state index >= 15 is 0 Å². The first kappa shape index (κ1) is 18.1. The number of anilines is 1. The fourth-order valence-corrected chi connectivity index (χ4v) is 2.87. The molecule has 1 heterocycles. The van der Waals surface area contributed by atoms with Crippen molar-refractivity contribution < 1.29 is 9.18 Å². The highest BCUT2D eigenvalue weighted by molar-refractivity contribution is 9.10. The summed E-state index contributed by atoms with van der Waals surface area (Å²) >= 11 is 3.36. The van der Waals surface area contributed by atoms with Crippen LogP contribution < -0.4 is 5.32 Å². The Bertz CT molecular complexity index is 960. The van der Waals surface area contributed by atoms with Crippen molar-refractivity contribution in [3.05, 3.63) is 81.8 Å². The molecule has 0 aliphatic heterocycles. The van der Waals surface area contributed by atoms with Crippen molar-refractivity contribution in [3.63, 3.8) is 0 Å². The number of hydrogen-bond donors (Lipinski definition) is 1. The molecule has 0 fully saturated rings. The Morgan fingerprint density at radius 2 is 1.77 bits per heavy atom. The van der Waals surface area contributed by atoms with E-state index in [1.54, 1.807) is 22.9 Å². The van der Waals surface area contributed by atoms with Crippen molar-refractivity contribution in [3.8, 4) is 5.69 Å². The number of amides is 1. The van der Waals surface area contributed by atoms with Gasteiger partial charge in [-0.25, -0.2) is 9.07 Å². The van der Waals surface area contributed by atoms with Crippen LogP contribution in [0.5, 0.6) is 0 Å². The molecule has 2 aromatic carbocycles. The lowest BCUT2D eigenvalue weighted by molar-refractivity contribution is -0.111. The first-order valence-electron chi connectivity index (χ1n) is 8.01. The first-order chi connectivity index (χ1) is 12.4. The van der Waals surface area contributed by atoms with Crippen LogP contribution in [0.15, 0.2) is 59.1 Å². The van der Waals surface area contributed by atoms with E-state index in [-0.39, 0.29) is 11.7 Å². The lowest BCUT2D eigenvalue weighted by Crippen LogP contribution is -2.07. The number of rotatable bonds is 4. The number of hydrogen-bond acceptors (Lipinski definition) is 2. The number of carbonyl (C=O) groups is 1. The molecule has 4 nitrogen and oxygen atoms in total. The monoisotopic (exact) mass is 413 g/mol. The predicted molar refractivity (Wildman–Crippen MR) is 105 cm³/mol. The van der Waals surface area contributed by atoms with Crippen LogP contribution in [0.2, 0.25) is 0 Å². The summed E-state index contributed by atoms with van der Waals surface area (Å²) in [5.74, 6) is -0.513. The Labute approximate surface area is 159 Å². The standard InChI is InChI=1S/C20H17BrFN3O/c1-13-19(11-12-20(26)23-17-7-3-15(21)4-8-17)14(2)25(24-13)18-9-5-16(22)6-10-18/h3-12H,1-2H3,(H,23,26)/b12-11+. The van der Waals surface area contributed by atoms with Gasteiger partial charge in [-0.15, -0.1) is 0 Å². The Kier molecular flexibility index (Phi) is 5.32. The molecule has 0 radical (unpaired) electrons. The van der Waals surface area contributed by atoms with Crippen LogP contribution in [0, 0.1) is 19.7 Å². The molecule has 1 N–H and O–H groups in total. The first-order valence-corrected chi connectivity index (χ1v) is 8.80. The van der Waals surface area contributed by atoms with E-state index in [9.17, 15) is 9.18 Å². The van der Waals surface area contributed by atoms with E-state index in [2.05, 4.69) is 26.3 Å². The number of halogens is 2. The van der Waals surface area contributed by atoms with Crippen LogP contribution in [0.3, 0.4) is 0 Å². The molecule has 26 heavy (non-hydrogen) atoms. The molecule has 1 amide bonds. The lowest BCUT2D eigenvalue weighted by atomic mass is 10.2. The van der Waals surface area contributed by atoms with Crippen LogP contribution >= 0.6 is 15.9 Å². The number of nitrogens with zero attached hydrogens (tertiary/aromatic N) is 2.